The molecule has 0 fully saturated rings. The number of nitrogens with one attached hydrogen (secondary N) is 1. The van der Waals surface area contributed by atoms with Gasteiger partial charge in [-0.2, -0.15) is 0 Å². The molecule has 0 unspecified atom stereocenters. The largest absolute Gasteiger partial charge is 0.455 e. The van der Waals surface area contributed by atoms with Gasteiger partial charge in [-0.05, 0) is 131 Å². The highest BCUT2D eigenvalue weighted by Crippen LogP contribution is 2.55. The second-order valence-electron chi connectivity index (χ2n) is 24.9. The Morgan fingerprint density at radius 2 is 1.10 bits per heavy atom. The van der Waals surface area contributed by atoms with E-state index in [0.29, 0.717) is 0 Å². The first-order valence-corrected chi connectivity index (χ1v) is 25.4. The molecule has 3 aliphatic rings. The van der Waals surface area contributed by atoms with Crippen molar-refractivity contribution in [2.45, 2.75) is 117 Å². The van der Waals surface area contributed by atoms with Gasteiger partial charge in [-0.25, -0.2) is 0 Å². The van der Waals surface area contributed by atoms with Gasteiger partial charge in [0.15, 0.2) is 7.28 Å². The molecule has 0 saturated carbocycles. The van der Waals surface area contributed by atoms with Crippen LogP contribution in [0.5, 0.6) is 0 Å². The molecule has 1 N–H and O–H groups in total. The number of benzene rings is 8. The van der Waals surface area contributed by atoms with E-state index in [2.05, 4.69) is 241 Å². The lowest BCUT2D eigenvalue weighted by atomic mass is 9.58. The average molecular weight is 910 g/mol. The Hall–Kier alpha value is -6.78. The monoisotopic (exact) mass is 909 g/mol. The van der Waals surface area contributed by atoms with Gasteiger partial charge in [0.05, 0.1) is 5.52 Å². The highest BCUT2D eigenvalue weighted by molar-refractivity contribution is 6.74. The van der Waals surface area contributed by atoms with Crippen LogP contribution in [-0.2, 0) is 27.1 Å². The van der Waals surface area contributed by atoms with E-state index in [1.807, 2.05) is 0 Å². The van der Waals surface area contributed by atoms with Gasteiger partial charge in [0, 0.05) is 66.1 Å². The number of fused-ring (bicyclic) bond motifs is 15. The van der Waals surface area contributed by atoms with Crippen LogP contribution in [0.3, 0.4) is 0 Å². The Labute approximate surface area is 414 Å². The number of furan rings is 1. The number of hydrogen-bond acceptors (Lipinski definition) is 2. The van der Waals surface area contributed by atoms with Crippen LogP contribution in [0.1, 0.15) is 129 Å². The minimum absolute atomic E-state index is 0.0261. The zero-order chi connectivity index (χ0) is 48.8. The third kappa shape index (κ3) is 5.95. The third-order valence-corrected chi connectivity index (χ3v) is 16.7. The summed E-state index contributed by atoms with van der Waals surface area (Å²) >= 11 is 0. The fourth-order valence-corrected chi connectivity index (χ4v) is 12.6. The summed E-state index contributed by atoms with van der Waals surface area (Å²) in [6.45, 7) is 30.4. The number of nitrogens with zero attached hydrogens (tertiary/aromatic N) is 1. The van der Waals surface area contributed by atoms with Crippen LogP contribution in [0.25, 0.3) is 82.8 Å². The van der Waals surface area contributed by atoms with E-state index < -0.39 is 0 Å². The molecule has 1 radical (unpaired) electrons. The normalized spacial score (nSPS) is 15.3. The van der Waals surface area contributed by atoms with Crippen molar-refractivity contribution in [3.05, 3.63) is 172 Å². The Morgan fingerprint density at radius 1 is 0.500 bits per heavy atom. The van der Waals surface area contributed by atoms with Crippen LogP contribution >= 0.6 is 0 Å². The molecular weight excluding hydrogens is 848 g/mol. The molecule has 10 aromatic rings. The van der Waals surface area contributed by atoms with Gasteiger partial charge in [-0.3, -0.25) is 0 Å². The second kappa shape index (κ2) is 14.0. The minimum atomic E-state index is -0.225. The summed E-state index contributed by atoms with van der Waals surface area (Å²) < 4.78 is 10.0. The lowest BCUT2D eigenvalue weighted by Crippen LogP contribution is -2.38. The third-order valence-electron chi connectivity index (χ3n) is 16.7. The van der Waals surface area contributed by atoms with Crippen LogP contribution in [0.4, 0.5) is 11.4 Å². The van der Waals surface area contributed by atoms with E-state index in [-0.39, 0.29) is 27.1 Å². The van der Waals surface area contributed by atoms with Crippen LogP contribution in [0.15, 0.2) is 138 Å². The Balaban J connectivity index is 1.18. The molecule has 2 aliphatic carbocycles. The molecule has 4 heteroatoms. The van der Waals surface area contributed by atoms with Crippen molar-refractivity contribution in [2.75, 3.05) is 5.32 Å². The standard InChI is InChI=1S/C66H62BN2O/c1-62(2,3)36-22-26-39(27-23-36)68-52-35-50-43(41-28-24-38(64(7,8)9)31-48(41)66(50,12)13)32-45(52)58-59-60-56(57-42-19-15-17-21-55(42)70-61(57)58)46-30-37(63(4,5)6)25-29-53(46)69(60)54-33-44-40-18-14-16-20-47(40)65(10,11)49(44)34-51(54)67-59/h14-35,68H,1-13H3. The molecule has 2 aromatic heterocycles. The maximum atomic E-state index is 7.39. The fraction of sp³-hybridized carbons (Fsp3) is 0.273. The predicted octanol–water partition coefficient (Wildman–Crippen LogP) is 16.6. The van der Waals surface area contributed by atoms with Gasteiger partial charge in [-0.15, -0.1) is 0 Å². The molecule has 3 nitrogen and oxygen atoms in total. The molecule has 1 aliphatic heterocycles. The van der Waals surface area contributed by atoms with Gasteiger partial charge in [0.1, 0.15) is 11.2 Å². The number of para-hydroxylation sites is 1. The van der Waals surface area contributed by atoms with Crippen LogP contribution in [0.2, 0.25) is 0 Å². The summed E-state index contributed by atoms with van der Waals surface area (Å²) in [5.74, 6) is 0. The summed E-state index contributed by atoms with van der Waals surface area (Å²) in [5.41, 5.74) is 26.6. The first kappa shape index (κ1) is 43.3. The summed E-state index contributed by atoms with van der Waals surface area (Å²) in [7, 11) is 2.51. The van der Waals surface area contributed by atoms with Crippen LogP contribution in [0, 0.1) is 0 Å². The molecule has 13 rings (SSSR count). The first-order valence-electron chi connectivity index (χ1n) is 25.4. The first-order chi connectivity index (χ1) is 33.1. The van der Waals surface area contributed by atoms with Crippen molar-refractivity contribution in [2.24, 2.45) is 0 Å². The van der Waals surface area contributed by atoms with Gasteiger partial charge in [-0.1, -0.05) is 180 Å². The van der Waals surface area contributed by atoms with Gasteiger partial charge < -0.3 is 14.3 Å². The van der Waals surface area contributed by atoms with E-state index in [4.69, 9.17) is 4.42 Å². The van der Waals surface area contributed by atoms with Gasteiger partial charge in [0.25, 0.3) is 0 Å². The Bertz CT molecular complexity index is 3920. The number of aromatic nitrogens is 1. The molecule has 0 amide bonds. The van der Waals surface area contributed by atoms with Crippen molar-refractivity contribution >= 4 is 73.3 Å². The summed E-state index contributed by atoms with van der Waals surface area (Å²) in [6.07, 6.45) is 0. The van der Waals surface area contributed by atoms with Gasteiger partial charge >= 0.3 is 0 Å². The molecule has 3 heterocycles. The molecule has 8 aromatic carbocycles. The fourth-order valence-electron chi connectivity index (χ4n) is 12.6. The van der Waals surface area contributed by atoms with Crippen molar-refractivity contribution in [3.8, 4) is 39.1 Å². The maximum Gasteiger partial charge on any atom is 0.198 e. The number of anilines is 2. The highest BCUT2D eigenvalue weighted by atomic mass is 16.3. The minimum Gasteiger partial charge on any atom is -0.455 e. The van der Waals surface area contributed by atoms with Crippen molar-refractivity contribution in [1.82, 2.24) is 4.57 Å². The molecule has 0 spiro atoms. The zero-order valence-corrected chi connectivity index (χ0v) is 43.1. The topological polar surface area (TPSA) is 30.1 Å². The van der Waals surface area contributed by atoms with Crippen LogP contribution < -0.4 is 16.2 Å². The Kier molecular flexibility index (Phi) is 8.63. The van der Waals surface area contributed by atoms with E-state index >= 15 is 0 Å². The zero-order valence-electron chi connectivity index (χ0n) is 43.1. The second-order valence-corrected chi connectivity index (χ2v) is 24.9. The summed E-state index contributed by atoms with van der Waals surface area (Å²) in [5, 5.41) is 8.88. The molecule has 0 bridgehead atoms. The maximum absolute atomic E-state index is 7.39. The SMILES string of the molecule is CC(C)(C)c1ccc(Nc2cc3c(cc2-c2c4c5c(c6cc(C(C)(C)C)ccc6n5-c5cc6c(cc5[B]4)C(C)(C)c4ccccc4-6)c4c2oc2ccccc24)-c2ccc(C(C)(C)C)cc2C3(C)C)cc1. The Morgan fingerprint density at radius 3 is 1.84 bits per heavy atom. The average Bonchev–Trinajstić information content (AvgIpc) is 3.99. The number of hydrogen-bond donors (Lipinski definition) is 1. The van der Waals surface area contributed by atoms with Crippen molar-refractivity contribution in [3.63, 3.8) is 0 Å². The van der Waals surface area contributed by atoms with E-state index in [1.165, 1.54) is 105 Å². The quantitative estimate of drug-likeness (QED) is 0.179. The smallest absolute Gasteiger partial charge is 0.198 e. The summed E-state index contributed by atoms with van der Waals surface area (Å²) in [4.78, 5) is 0. The summed E-state index contributed by atoms with van der Waals surface area (Å²) in [6, 6.07) is 51.2. The van der Waals surface area contributed by atoms with Crippen molar-refractivity contribution in [1.29, 1.82) is 0 Å². The lowest BCUT2D eigenvalue weighted by molar-refractivity contribution is 0.584. The van der Waals surface area contributed by atoms with Crippen molar-refractivity contribution < 1.29 is 4.42 Å². The predicted molar refractivity (Wildman–Crippen MR) is 299 cm³/mol. The van der Waals surface area contributed by atoms with E-state index in [1.54, 1.807) is 0 Å². The van der Waals surface area contributed by atoms with Crippen LogP contribution in [-0.4, -0.2) is 11.8 Å². The molecule has 0 atom stereocenters. The highest BCUT2D eigenvalue weighted by Gasteiger charge is 2.41. The number of rotatable bonds is 3. The van der Waals surface area contributed by atoms with Gasteiger partial charge in [0.2, 0.25) is 0 Å². The molecule has 345 valence electrons. The van der Waals surface area contributed by atoms with E-state index in [9.17, 15) is 0 Å². The lowest BCUT2D eigenvalue weighted by Gasteiger charge is -2.28. The molecule has 70 heavy (non-hydrogen) atoms. The van der Waals surface area contributed by atoms with E-state index in [0.717, 1.165) is 39.1 Å². The molecular formula is C66H62BN2O. The molecule has 0 saturated heterocycles.